The van der Waals surface area contributed by atoms with Crippen molar-refractivity contribution in [1.82, 2.24) is 0 Å². The number of rotatable bonds is 6. The molecule has 2 aliphatic rings. The second-order valence-electron chi connectivity index (χ2n) is 6.26. The van der Waals surface area contributed by atoms with E-state index < -0.39 is 0 Å². The Morgan fingerprint density at radius 2 is 2.05 bits per heavy atom. The van der Waals surface area contributed by atoms with Crippen molar-refractivity contribution >= 4 is 11.8 Å². The molecule has 104 valence electrons. The van der Waals surface area contributed by atoms with Crippen LogP contribution in [0.5, 0.6) is 0 Å². The minimum Gasteiger partial charge on any atom is -0.396 e. The summed E-state index contributed by atoms with van der Waals surface area (Å²) in [6.45, 7) is 0.854. The molecule has 0 spiro atoms. The first-order valence-corrected chi connectivity index (χ1v) is 8.27. The normalized spacial score (nSPS) is 25.1. The van der Waals surface area contributed by atoms with Crippen LogP contribution in [0.3, 0.4) is 0 Å². The smallest absolute Gasteiger partial charge is 0.0499 e. The fourth-order valence-corrected chi connectivity index (χ4v) is 4.55. The van der Waals surface area contributed by atoms with Gasteiger partial charge in [-0.05, 0) is 36.3 Å². The van der Waals surface area contributed by atoms with Gasteiger partial charge in [-0.2, -0.15) is 0 Å². The summed E-state index contributed by atoms with van der Waals surface area (Å²) in [5.41, 5.74) is 7.44. The lowest BCUT2D eigenvalue weighted by atomic mass is 9.74. The SMILES string of the molecule is NCC(CO)(CC1CC1)CC1CSc2ccccc21. The molecule has 1 fully saturated rings. The first kappa shape index (κ1) is 13.5. The van der Waals surface area contributed by atoms with Gasteiger partial charge in [0.15, 0.2) is 0 Å². The van der Waals surface area contributed by atoms with Crippen LogP contribution >= 0.6 is 11.8 Å². The first-order valence-electron chi connectivity index (χ1n) is 7.29. The Balaban J connectivity index is 1.75. The molecule has 3 rings (SSSR count). The van der Waals surface area contributed by atoms with Gasteiger partial charge in [0, 0.05) is 29.2 Å². The van der Waals surface area contributed by atoms with Crippen molar-refractivity contribution in [3.63, 3.8) is 0 Å². The third-order valence-electron chi connectivity index (χ3n) is 4.67. The number of fused-ring (bicyclic) bond motifs is 1. The number of benzene rings is 1. The van der Waals surface area contributed by atoms with E-state index in [-0.39, 0.29) is 12.0 Å². The Morgan fingerprint density at radius 3 is 2.74 bits per heavy atom. The molecule has 0 amide bonds. The highest BCUT2D eigenvalue weighted by Crippen LogP contribution is 2.48. The zero-order valence-electron chi connectivity index (χ0n) is 11.3. The summed E-state index contributed by atoms with van der Waals surface area (Å²) in [4.78, 5) is 1.42. The molecule has 0 saturated heterocycles. The van der Waals surface area contributed by atoms with Crippen molar-refractivity contribution in [2.24, 2.45) is 17.1 Å². The van der Waals surface area contributed by atoms with Gasteiger partial charge in [-0.15, -0.1) is 11.8 Å². The van der Waals surface area contributed by atoms with E-state index in [4.69, 9.17) is 5.73 Å². The molecular formula is C16H23NOS. The van der Waals surface area contributed by atoms with E-state index in [1.165, 1.54) is 23.3 Å². The highest BCUT2D eigenvalue weighted by molar-refractivity contribution is 7.99. The summed E-state index contributed by atoms with van der Waals surface area (Å²) in [7, 11) is 0. The fraction of sp³-hybridized carbons (Fsp3) is 0.625. The van der Waals surface area contributed by atoms with Crippen molar-refractivity contribution in [3.05, 3.63) is 29.8 Å². The molecule has 1 heterocycles. The van der Waals surface area contributed by atoms with E-state index in [9.17, 15) is 5.11 Å². The number of hydrogen-bond donors (Lipinski definition) is 2. The maximum absolute atomic E-state index is 9.87. The third kappa shape index (κ3) is 2.83. The Hall–Kier alpha value is -0.510. The predicted octanol–water partition coefficient (Wildman–Crippen LogP) is 3.00. The van der Waals surface area contributed by atoms with Gasteiger partial charge in [-0.3, -0.25) is 0 Å². The second kappa shape index (κ2) is 5.47. The molecular weight excluding hydrogens is 254 g/mol. The molecule has 0 aromatic heterocycles. The van der Waals surface area contributed by atoms with Gasteiger partial charge in [0.1, 0.15) is 0 Å². The molecule has 0 bridgehead atoms. The summed E-state index contributed by atoms with van der Waals surface area (Å²) in [6, 6.07) is 8.70. The van der Waals surface area contributed by atoms with Gasteiger partial charge in [0.2, 0.25) is 0 Å². The van der Waals surface area contributed by atoms with Crippen molar-refractivity contribution in [2.75, 3.05) is 18.9 Å². The summed E-state index contributed by atoms with van der Waals surface area (Å²) >= 11 is 1.95. The minimum absolute atomic E-state index is 0.0517. The highest BCUT2D eigenvalue weighted by atomic mass is 32.2. The largest absolute Gasteiger partial charge is 0.396 e. The van der Waals surface area contributed by atoms with Crippen LogP contribution in [-0.2, 0) is 0 Å². The van der Waals surface area contributed by atoms with Gasteiger partial charge in [-0.25, -0.2) is 0 Å². The van der Waals surface area contributed by atoms with E-state index in [0.29, 0.717) is 12.5 Å². The molecule has 3 heteroatoms. The van der Waals surface area contributed by atoms with E-state index >= 15 is 0 Å². The van der Waals surface area contributed by atoms with Crippen molar-refractivity contribution in [1.29, 1.82) is 0 Å². The van der Waals surface area contributed by atoms with Gasteiger partial charge in [0.25, 0.3) is 0 Å². The monoisotopic (exact) mass is 277 g/mol. The Kier molecular flexibility index (Phi) is 3.88. The summed E-state index contributed by atoms with van der Waals surface area (Å²) in [6.07, 6.45) is 4.82. The van der Waals surface area contributed by atoms with Crippen LogP contribution < -0.4 is 5.73 Å². The standard InChI is InChI=1S/C16H23NOS/c17-10-16(11-18,7-12-5-6-12)8-13-9-19-15-4-2-1-3-14(13)15/h1-4,12-13,18H,5-11,17H2. The Morgan fingerprint density at radius 1 is 1.26 bits per heavy atom. The first-order chi connectivity index (χ1) is 9.26. The minimum atomic E-state index is -0.0517. The zero-order chi connectivity index (χ0) is 13.3. The van der Waals surface area contributed by atoms with Gasteiger partial charge in [-0.1, -0.05) is 31.0 Å². The Labute approximate surface area is 119 Å². The fourth-order valence-electron chi connectivity index (χ4n) is 3.30. The maximum Gasteiger partial charge on any atom is 0.0499 e. The average molecular weight is 277 g/mol. The molecule has 1 saturated carbocycles. The molecule has 2 nitrogen and oxygen atoms in total. The van der Waals surface area contributed by atoms with Gasteiger partial charge < -0.3 is 10.8 Å². The molecule has 19 heavy (non-hydrogen) atoms. The number of hydrogen-bond acceptors (Lipinski definition) is 3. The van der Waals surface area contributed by atoms with Crippen LogP contribution in [0.15, 0.2) is 29.2 Å². The highest BCUT2D eigenvalue weighted by Gasteiger charge is 2.39. The molecule has 1 aliphatic carbocycles. The average Bonchev–Trinajstić information content (AvgIpc) is 3.18. The summed E-state index contributed by atoms with van der Waals surface area (Å²) < 4.78 is 0. The Bertz CT molecular complexity index is 440. The molecule has 3 N–H and O–H groups in total. The lowest BCUT2D eigenvalue weighted by Gasteiger charge is -2.33. The van der Waals surface area contributed by atoms with E-state index in [1.54, 1.807) is 0 Å². The molecule has 1 aromatic rings. The van der Waals surface area contributed by atoms with Crippen LogP contribution in [-0.4, -0.2) is 24.0 Å². The lowest BCUT2D eigenvalue weighted by Crippen LogP contribution is -2.36. The topological polar surface area (TPSA) is 46.2 Å². The van der Waals surface area contributed by atoms with Crippen molar-refractivity contribution in [3.8, 4) is 0 Å². The second-order valence-corrected chi connectivity index (χ2v) is 7.32. The van der Waals surface area contributed by atoms with Crippen LogP contribution in [0, 0.1) is 11.3 Å². The maximum atomic E-state index is 9.87. The number of nitrogens with two attached hydrogens (primary N) is 1. The molecule has 1 aliphatic heterocycles. The van der Waals surface area contributed by atoms with Crippen LogP contribution in [0.4, 0.5) is 0 Å². The molecule has 2 unspecified atom stereocenters. The summed E-state index contributed by atoms with van der Waals surface area (Å²) in [5, 5.41) is 9.87. The van der Waals surface area contributed by atoms with Gasteiger partial charge >= 0.3 is 0 Å². The summed E-state index contributed by atoms with van der Waals surface area (Å²) in [5.74, 6) is 2.53. The van der Waals surface area contributed by atoms with Crippen molar-refractivity contribution in [2.45, 2.75) is 36.5 Å². The quantitative estimate of drug-likeness (QED) is 0.840. The number of aliphatic hydroxyl groups excluding tert-OH is 1. The van der Waals surface area contributed by atoms with Crippen LogP contribution in [0.2, 0.25) is 0 Å². The van der Waals surface area contributed by atoms with Crippen molar-refractivity contribution < 1.29 is 5.11 Å². The zero-order valence-corrected chi connectivity index (χ0v) is 12.2. The van der Waals surface area contributed by atoms with E-state index in [1.807, 2.05) is 11.8 Å². The number of aliphatic hydroxyl groups is 1. The molecule has 2 atom stereocenters. The third-order valence-corrected chi connectivity index (χ3v) is 5.92. The molecule has 0 radical (unpaired) electrons. The van der Waals surface area contributed by atoms with Crippen LogP contribution in [0.25, 0.3) is 0 Å². The van der Waals surface area contributed by atoms with Crippen LogP contribution in [0.1, 0.15) is 37.2 Å². The number of thioether (sulfide) groups is 1. The van der Waals surface area contributed by atoms with E-state index in [2.05, 4.69) is 24.3 Å². The van der Waals surface area contributed by atoms with Gasteiger partial charge in [0.05, 0.1) is 0 Å². The lowest BCUT2D eigenvalue weighted by molar-refractivity contribution is 0.100. The predicted molar refractivity (Wildman–Crippen MR) is 80.4 cm³/mol. The molecule has 1 aromatic carbocycles. The van der Waals surface area contributed by atoms with E-state index in [0.717, 1.165) is 24.5 Å².